The molecule has 0 saturated carbocycles. The number of primary amides is 1. The van der Waals surface area contributed by atoms with Crippen LogP contribution in [0.1, 0.15) is 26.3 Å². The summed E-state index contributed by atoms with van der Waals surface area (Å²) in [7, 11) is 0. The van der Waals surface area contributed by atoms with E-state index in [-0.39, 0.29) is 21.7 Å². The van der Waals surface area contributed by atoms with E-state index in [0.29, 0.717) is 4.90 Å². The fourth-order valence-corrected chi connectivity index (χ4v) is 3.55. The van der Waals surface area contributed by atoms with Crippen LogP contribution in [0.15, 0.2) is 76.5 Å². The number of amides is 2. The number of anilines is 1. The van der Waals surface area contributed by atoms with Crippen molar-refractivity contribution in [3.05, 3.63) is 89.2 Å². The molecule has 0 aliphatic carbocycles. The molecule has 0 unspecified atom stereocenters. The highest BCUT2D eigenvalue weighted by Gasteiger charge is 2.32. The Hall–Kier alpha value is -3.33. The second-order valence-corrected chi connectivity index (χ2v) is 7.28. The molecule has 0 fully saturated rings. The van der Waals surface area contributed by atoms with E-state index in [1.165, 1.54) is 42.5 Å². The molecular weight excluding hydrogens is 420 g/mol. The van der Waals surface area contributed by atoms with Crippen LogP contribution in [-0.4, -0.2) is 11.8 Å². The third-order valence-corrected chi connectivity index (χ3v) is 5.05. The average molecular weight is 434 g/mol. The van der Waals surface area contributed by atoms with Gasteiger partial charge in [0.2, 0.25) is 5.91 Å². The molecule has 3 aromatic rings. The lowest BCUT2D eigenvalue weighted by Gasteiger charge is -2.14. The van der Waals surface area contributed by atoms with Gasteiger partial charge < -0.3 is 11.1 Å². The molecule has 0 spiro atoms. The lowest BCUT2D eigenvalue weighted by molar-refractivity contribution is -0.137. The minimum Gasteiger partial charge on any atom is -0.366 e. The van der Waals surface area contributed by atoms with Crippen molar-refractivity contribution in [3.8, 4) is 0 Å². The molecule has 0 heterocycles. The zero-order valence-corrected chi connectivity index (χ0v) is 16.0. The lowest BCUT2D eigenvalue weighted by atomic mass is 10.1. The van der Waals surface area contributed by atoms with Gasteiger partial charge in [0.15, 0.2) is 0 Å². The molecule has 0 bridgehead atoms. The topological polar surface area (TPSA) is 72.2 Å². The van der Waals surface area contributed by atoms with Crippen LogP contribution >= 0.6 is 11.8 Å². The van der Waals surface area contributed by atoms with Crippen molar-refractivity contribution in [1.82, 2.24) is 0 Å². The minimum absolute atomic E-state index is 0.131. The number of hydrogen-bond acceptors (Lipinski definition) is 3. The summed E-state index contributed by atoms with van der Waals surface area (Å²) < 4.78 is 53.0. The van der Waals surface area contributed by atoms with Gasteiger partial charge in [-0.1, -0.05) is 23.9 Å². The first-order chi connectivity index (χ1) is 14.1. The number of carbonyl (C=O) groups is 2. The second-order valence-electron chi connectivity index (χ2n) is 6.17. The highest BCUT2D eigenvalue weighted by atomic mass is 32.2. The highest BCUT2D eigenvalue weighted by Crippen LogP contribution is 2.36. The van der Waals surface area contributed by atoms with Gasteiger partial charge in [-0.25, -0.2) is 4.39 Å². The number of nitrogens with one attached hydrogen (secondary N) is 1. The molecule has 0 aliphatic heterocycles. The summed E-state index contributed by atoms with van der Waals surface area (Å²) in [6.45, 7) is 0. The van der Waals surface area contributed by atoms with Crippen LogP contribution in [0.4, 0.5) is 23.2 Å². The first-order valence-corrected chi connectivity index (χ1v) is 9.31. The van der Waals surface area contributed by atoms with Crippen molar-refractivity contribution < 1.29 is 27.2 Å². The van der Waals surface area contributed by atoms with Crippen LogP contribution in [0.5, 0.6) is 0 Å². The molecule has 0 atom stereocenters. The summed E-state index contributed by atoms with van der Waals surface area (Å²) in [5.74, 6) is -2.05. The highest BCUT2D eigenvalue weighted by molar-refractivity contribution is 7.99. The van der Waals surface area contributed by atoms with Gasteiger partial charge >= 0.3 is 6.18 Å². The average Bonchev–Trinajstić information content (AvgIpc) is 2.67. The predicted molar refractivity (Wildman–Crippen MR) is 105 cm³/mol. The second kappa shape index (κ2) is 8.58. The molecule has 0 saturated heterocycles. The quantitative estimate of drug-likeness (QED) is 0.532. The number of carbonyl (C=O) groups excluding carboxylic acids is 2. The summed E-state index contributed by atoms with van der Waals surface area (Å²) in [5.41, 5.74) is 4.28. The Morgan fingerprint density at radius 2 is 1.67 bits per heavy atom. The Kier molecular flexibility index (Phi) is 6.12. The molecule has 9 heteroatoms. The van der Waals surface area contributed by atoms with Crippen LogP contribution in [0.3, 0.4) is 0 Å². The zero-order valence-electron chi connectivity index (χ0n) is 15.2. The SMILES string of the molecule is NC(=O)c1cccc(NC(=O)c2cc(C(F)(F)F)ccc2Sc2cccc(F)c2)c1. The smallest absolute Gasteiger partial charge is 0.366 e. The standard InChI is InChI=1S/C21H14F4N2O2S/c22-14-4-2-6-16(11-14)30-18-8-7-13(21(23,24)25)10-17(18)20(29)27-15-5-1-3-12(9-15)19(26)28/h1-11H,(H2,26,28)(H,27,29). The third kappa shape index (κ3) is 5.18. The van der Waals surface area contributed by atoms with Crippen molar-refractivity contribution in [2.45, 2.75) is 16.0 Å². The van der Waals surface area contributed by atoms with Crippen LogP contribution in [0.25, 0.3) is 0 Å². The molecular formula is C21H14F4N2O2S. The summed E-state index contributed by atoms with van der Waals surface area (Å²) >= 11 is 0.952. The van der Waals surface area contributed by atoms with Gasteiger partial charge in [0.25, 0.3) is 5.91 Å². The molecule has 3 N–H and O–H groups in total. The third-order valence-electron chi connectivity index (χ3n) is 3.98. The van der Waals surface area contributed by atoms with E-state index in [4.69, 9.17) is 5.73 Å². The van der Waals surface area contributed by atoms with Gasteiger partial charge in [-0.2, -0.15) is 13.2 Å². The minimum atomic E-state index is -4.65. The van der Waals surface area contributed by atoms with E-state index in [2.05, 4.69) is 5.32 Å². The van der Waals surface area contributed by atoms with Crippen LogP contribution in [0.2, 0.25) is 0 Å². The molecule has 3 aromatic carbocycles. The molecule has 0 radical (unpaired) electrons. The van der Waals surface area contributed by atoms with E-state index in [1.54, 1.807) is 6.07 Å². The maximum absolute atomic E-state index is 13.5. The van der Waals surface area contributed by atoms with E-state index in [0.717, 1.165) is 30.0 Å². The molecule has 4 nitrogen and oxygen atoms in total. The van der Waals surface area contributed by atoms with Crippen LogP contribution < -0.4 is 11.1 Å². The molecule has 3 rings (SSSR count). The van der Waals surface area contributed by atoms with Crippen molar-refractivity contribution >= 4 is 29.3 Å². The van der Waals surface area contributed by atoms with E-state index in [9.17, 15) is 27.2 Å². The molecule has 2 amide bonds. The molecule has 30 heavy (non-hydrogen) atoms. The molecule has 0 aliphatic rings. The van der Waals surface area contributed by atoms with E-state index in [1.807, 2.05) is 0 Å². The summed E-state index contributed by atoms with van der Waals surface area (Å²) in [4.78, 5) is 24.7. The van der Waals surface area contributed by atoms with E-state index >= 15 is 0 Å². The van der Waals surface area contributed by atoms with Crippen molar-refractivity contribution in [1.29, 1.82) is 0 Å². The van der Waals surface area contributed by atoms with Gasteiger partial charge in [-0.3, -0.25) is 9.59 Å². The van der Waals surface area contributed by atoms with Crippen molar-refractivity contribution in [2.24, 2.45) is 5.73 Å². The van der Waals surface area contributed by atoms with Crippen molar-refractivity contribution in [3.63, 3.8) is 0 Å². The monoisotopic (exact) mass is 434 g/mol. The Bertz CT molecular complexity index is 1120. The summed E-state index contributed by atoms with van der Waals surface area (Å²) in [6.07, 6.45) is -4.65. The van der Waals surface area contributed by atoms with Gasteiger partial charge in [0.05, 0.1) is 11.1 Å². The summed E-state index contributed by atoms with van der Waals surface area (Å²) in [6, 6.07) is 13.9. The molecule has 154 valence electrons. The van der Waals surface area contributed by atoms with Gasteiger partial charge in [0.1, 0.15) is 5.82 Å². The normalized spacial score (nSPS) is 11.2. The first kappa shape index (κ1) is 21.4. The zero-order chi connectivity index (χ0) is 21.9. The Morgan fingerprint density at radius 3 is 2.33 bits per heavy atom. The van der Waals surface area contributed by atoms with Gasteiger partial charge in [0, 0.05) is 21.0 Å². The Labute approximate surface area is 173 Å². The number of benzene rings is 3. The summed E-state index contributed by atoms with van der Waals surface area (Å²) in [5, 5.41) is 2.47. The van der Waals surface area contributed by atoms with Crippen molar-refractivity contribution in [2.75, 3.05) is 5.32 Å². The predicted octanol–water partition coefficient (Wildman–Crippen LogP) is 5.35. The van der Waals surface area contributed by atoms with Crippen LogP contribution in [-0.2, 0) is 6.18 Å². The van der Waals surface area contributed by atoms with Gasteiger partial charge in [-0.05, 0) is 54.6 Å². The Morgan fingerprint density at radius 1 is 0.933 bits per heavy atom. The first-order valence-electron chi connectivity index (χ1n) is 8.49. The number of nitrogens with two attached hydrogens (primary N) is 1. The lowest BCUT2D eigenvalue weighted by Crippen LogP contribution is -2.16. The maximum atomic E-state index is 13.5. The van der Waals surface area contributed by atoms with Crippen LogP contribution in [0, 0.1) is 5.82 Å². The fourth-order valence-electron chi connectivity index (χ4n) is 2.58. The number of alkyl halides is 3. The Balaban J connectivity index is 1.98. The number of hydrogen-bond donors (Lipinski definition) is 2. The van der Waals surface area contributed by atoms with Gasteiger partial charge in [-0.15, -0.1) is 0 Å². The maximum Gasteiger partial charge on any atom is 0.416 e. The fraction of sp³-hybridized carbons (Fsp3) is 0.0476. The number of halogens is 4. The number of rotatable bonds is 5. The van der Waals surface area contributed by atoms with E-state index < -0.39 is 29.4 Å². The molecule has 0 aromatic heterocycles. The largest absolute Gasteiger partial charge is 0.416 e.